The van der Waals surface area contributed by atoms with Gasteiger partial charge in [-0.25, -0.2) is 0 Å². The number of carbonyl (C=O) groups excluding carboxylic acids is 2. The summed E-state index contributed by atoms with van der Waals surface area (Å²) in [6, 6.07) is 7.73. The van der Waals surface area contributed by atoms with Crippen LogP contribution in [0, 0.1) is 11.8 Å². The molecule has 2 aliphatic rings. The van der Waals surface area contributed by atoms with E-state index in [1.54, 1.807) is 0 Å². The van der Waals surface area contributed by atoms with E-state index in [-0.39, 0.29) is 36.1 Å². The van der Waals surface area contributed by atoms with E-state index in [0.29, 0.717) is 6.54 Å². The molecule has 1 aliphatic heterocycles. The summed E-state index contributed by atoms with van der Waals surface area (Å²) in [5, 5.41) is 9.26. The molecular formula is C18H26ClN3O2. The van der Waals surface area contributed by atoms with Crippen molar-refractivity contribution in [1.29, 1.82) is 0 Å². The highest BCUT2D eigenvalue weighted by molar-refractivity contribution is 5.93. The largest absolute Gasteiger partial charge is 0.352 e. The maximum Gasteiger partial charge on any atom is 0.227 e. The molecule has 3 N–H and O–H groups in total. The molecule has 2 amide bonds. The molecule has 0 radical (unpaired) electrons. The van der Waals surface area contributed by atoms with E-state index >= 15 is 0 Å². The Hall–Kier alpha value is -1.59. The van der Waals surface area contributed by atoms with Crippen LogP contribution < -0.4 is 16.0 Å². The molecule has 6 heteroatoms. The standard InChI is InChI=1S/C18H25N3O2.ClH/c22-17(15-7-9-19-10-8-15)20-12-13-3-1-6-16(11-13)21-18(23)14-4-2-5-14;/h1,3,6,11,14-15,19H,2,4-5,7-10,12H2,(H,20,22)(H,21,23);1H. The van der Waals surface area contributed by atoms with E-state index in [0.717, 1.165) is 56.4 Å². The predicted octanol–water partition coefficient (Wildman–Crippen LogP) is 2.46. The number of halogens is 1. The van der Waals surface area contributed by atoms with Crippen molar-refractivity contribution in [2.75, 3.05) is 18.4 Å². The van der Waals surface area contributed by atoms with Gasteiger partial charge in [0.25, 0.3) is 0 Å². The minimum absolute atomic E-state index is 0. The fourth-order valence-corrected chi connectivity index (χ4v) is 3.09. The molecule has 1 aromatic carbocycles. The molecule has 1 saturated heterocycles. The number of hydrogen-bond donors (Lipinski definition) is 3. The van der Waals surface area contributed by atoms with Crippen LogP contribution in [0.3, 0.4) is 0 Å². The summed E-state index contributed by atoms with van der Waals surface area (Å²) in [4.78, 5) is 24.2. The summed E-state index contributed by atoms with van der Waals surface area (Å²) >= 11 is 0. The molecule has 1 aromatic rings. The zero-order valence-corrected chi connectivity index (χ0v) is 14.7. The average molecular weight is 352 g/mol. The Balaban J connectivity index is 0.00000208. The van der Waals surface area contributed by atoms with Crippen molar-refractivity contribution < 1.29 is 9.59 Å². The lowest BCUT2D eigenvalue weighted by molar-refractivity contribution is -0.126. The molecule has 1 aliphatic carbocycles. The third-order valence-corrected chi connectivity index (χ3v) is 4.85. The molecule has 1 saturated carbocycles. The number of nitrogens with one attached hydrogen (secondary N) is 3. The van der Waals surface area contributed by atoms with Crippen molar-refractivity contribution in [1.82, 2.24) is 10.6 Å². The summed E-state index contributed by atoms with van der Waals surface area (Å²) in [7, 11) is 0. The van der Waals surface area contributed by atoms with E-state index in [2.05, 4.69) is 16.0 Å². The number of hydrogen-bond acceptors (Lipinski definition) is 3. The number of piperidine rings is 1. The fraction of sp³-hybridized carbons (Fsp3) is 0.556. The van der Waals surface area contributed by atoms with Crippen molar-refractivity contribution in [3.8, 4) is 0 Å². The molecule has 0 spiro atoms. The fourth-order valence-electron chi connectivity index (χ4n) is 3.09. The summed E-state index contributed by atoms with van der Waals surface area (Å²) < 4.78 is 0. The summed E-state index contributed by atoms with van der Waals surface area (Å²) in [6.07, 6.45) is 4.96. The van der Waals surface area contributed by atoms with Gasteiger partial charge in [0.05, 0.1) is 0 Å². The molecule has 2 fully saturated rings. The SMILES string of the molecule is Cl.O=C(NCc1cccc(NC(=O)C2CCC2)c1)C1CCNCC1. The molecule has 0 aromatic heterocycles. The van der Waals surface area contributed by atoms with Crippen LogP contribution in [0.1, 0.15) is 37.7 Å². The minimum atomic E-state index is 0. The van der Waals surface area contributed by atoms with E-state index in [4.69, 9.17) is 0 Å². The molecule has 0 atom stereocenters. The van der Waals surface area contributed by atoms with E-state index in [9.17, 15) is 9.59 Å². The van der Waals surface area contributed by atoms with Crippen molar-refractivity contribution in [2.45, 2.75) is 38.6 Å². The Morgan fingerprint density at radius 1 is 1.04 bits per heavy atom. The summed E-state index contributed by atoms with van der Waals surface area (Å²) in [6.45, 7) is 2.34. The van der Waals surface area contributed by atoms with Crippen LogP contribution >= 0.6 is 12.4 Å². The lowest BCUT2D eigenvalue weighted by Crippen LogP contribution is -2.37. The second kappa shape index (κ2) is 9.04. The Labute approximate surface area is 149 Å². The molecule has 3 rings (SSSR count). The molecule has 1 heterocycles. The monoisotopic (exact) mass is 351 g/mol. The van der Waals surface area contributed by atoms with Crippen LogP contribution in [0.5, 0.6) is 0 Å². The normalized spacial score (nSPS) is 18.2. The smallest absolute Gasteiger partial charge is 0.227 e. The Kier molecular flexibility index (Phi) is 7.06. The van der Waals surface area contributed by atoms with Crippen molar-refractivity contribution >= 4 is 29.9 Å². The van der Waals surface area contributed by atoms with Crippen LogP contribution in [-0.2, 0) is 16.1 Å². The average Bonchev–Trinajstić information content (AvgIpc) is 2.52. The summed E-state index contributed by atoms with van der Waals surface area (Å²) in [5.74, 6) is 0.554. The van der Waals surface area contributed by atoms with Gasteiger partial charge >= 0.3 is 0 Å². The van der Waals surface area contributed by atoms with Crippen LogP contribution in [0.4, 0.5) is 5.69 Å². The first-order chi connectivity index (χ1) is 11.2. The molecule has 0 bridgehead atoms. The highest BCUT2D eigenvalue weighted by Crippen LogP contribution is 2.27. The van der Waals surface area contributed by atoms with Gasteiger partial charge in [0.2, 0.25) is 11.8 Å². The number of carbonyl (C=O) groups is 2. The minimum Gasteiger partial charge on any atom is -0.352 e. The quantitative estimate of drug-likeness (QED) is 0.763. The topological polar surface area (TPSA) is 70.2 Å². The maximum absolute atomic E-state index is 12.2. The van der Waals surface area contributed by atoms with Gasteiger partial charge in [-0.15, -0.1) is 12.4 Å². The number of amides is 2. The highest BCUT2D eigenvalue weighted by atomic mass is 35.5. The molecule has 24 heavy (non-hydrogen) atoms. The first-order valence-electron chi connectivity index (χ1n) is 8.60. The number of anilines is 1. The number of rotatable bonds is 5. The predicted molar refractivity (Wildman–Crippen MR) is 97.1 cm³/mol. The van der Waals surface area contributed by atoms with E-state index in [1.165, 1.54) is 0 Å². The molecule has 0 unspecified atom stereocenters. The van der Waals surface area contributed by atoms with Crippen LogP contribution in [0.2, 0.25) is 0 Å². The van der Waals surface area contributed by atoms with Gasteiger partial charge in [0, 0.05) is 24.1 Å². The zero-order chi connectivity index (χ0) is 16.1. The second-order valence-electron chi connectivity index (χ2n) is 6.56. The first-order valence-corrected chi connectivity index (χ1v) is 8.60. The first kappa shape index (κ1) is 18.7. The second-order valence-corrected chi connectivity index (χ2v) is 6.56. The van der Waals surface area contributed by atoms with Crippen LogP contribution in [-0.4, -0.2) is 24.9 Å². The lowest BCUT2D eigenvalue weighted by atomic mass is 9.85. The van der Waals surface area contributed by atoms with Crippen LogP contribution in [0.25, 0.3) is 0 Å². The third-order valence-electron chi connectivity index (χ3n) is 4.85. The van der Waals surface area contributed by atoms with Crippen LogP contribution in [0.15, 0.2) is 24.3 Å². The van der Waals surface area contributed by atoms with Gasteiger partial charge in [-0.3, -0.25) is 9.59 Å². The molecular weight excluding hydrogens is 326 g/mol. The van der Waals surface area contributed by atoms with Gasteiger partial charge in [-0.2, -0.15) is 0 Å². The van der Waals surface area contributed by atoms with Gasteiger partial charge in [0.15, 0.2) is 0 Å². The van der Waals surface area contributed by atoms with E-state index < -0.39 is 0 Å². The van der Waals surface area contributed by atoms with Gasteiger partial charge in [0.1, 0.15) is 0 Å². The Bertz CT molecular complexity index is 569. The zero-order valence-electron chi connectivity index (χ0n) is 13.8. The summed E-state index contributed by atoms with van der Waals surface area (Å²) in [5.41, 5.74) is 1.83. The maximum atomic E-state index is 12.2. The highest BCUT2D eigenvalue weighted by Gasteiger charge is 2.25. The third kappa shape index (κ3) is 4.95. The molecule has 132 valence electrons. The van der Waals surface area contributed by atoms with Crippen molar-refractivity contribution in [3.05, 3.63) is 29.8 Å². The van der Waals surface area contributed by atoms with E-state index in [1.807, 2.05) is 24.3 Å². The van der Waals surface area contributed by atoms with Gasteiger partial charge in [-0.05, 0) is 56.5 Å². The number of benzene rings is 1. The van der Waals surface area contributed by atoms with Gasteiger partial charge < -0.3 is 16.0 Å². The molecule has 5 nitrogen and oxygen atoms in total. The van der Waals surface area contributed by atoms with Crippen molar-refractivity contribution in [2.24, 2.45) is 11.8 Å². The Morgan fingerprint density at radius 2 is 1.75 bits per heavy atom. The van der Waals surface area contributed by atoms with Gasteiger partial charge in [-0.1, -0.05) is 18.6 Å². The Morgan fingerprint density at radius 3 is 2.42 bits per heavy atom. The van der Waals surface area contributed by atoms with Crippen molar-refractivity contribution in [3.63, 3.8) is 0 Å². The lowest BCUT2D eigenvalue weighted by Gasteiger charge is -2.24.